The number of hydrogen-bond acceptors (Lipinski definition) is 5. The van der Waals surface area contributed by atoms with Crippen LogP contribution in [0.2, 0.25) is 0 Å². The van der Waals surface area contributed by atoms with Gasteiger partial charge in [0.2, 0.25) is 5.13 Å². The van der Waals surface area contributed by atoms with Crippen LogP contribution in [0.3, 0.4) is 0 Å². The molecule has 10 heteroatoms. The van der Waals surface area contributed by atoms with Gasteiger partial charge in [-0.1, -0.05) is 23.5 Å². The van der Waals surface area contributed by atoms with Gasteiger partial charge in [0.25, 0.3) is 0 Å². The van der Waals surface area contributed by atoms with Crippen LogP contribution in [0, 0.1) is 0 Å². The lowest BCUT2D eigenvalue weighted by atomic mass is 9.71. The molecule has 0 unspecified atom stereocenters. The van der Waals surface area contributed by atoms with Crippen molar-refractivity contribution < 1.29 is 22.7 Å². The van der Waals surface area contributed by atoms with Gasteiger partial charge in [-0.05, 0) is 49.8 Å². The molecule has 2 aromatic rings. The Balaban J connectivity index is 1.41. The van der Waals surface area contributed by atoms with E-state index in [1.807, 2.05) is 0 Å². The number of amides is 2. The van der Waals surface area contributed by atoms with Gasteiger partial charge in [-0.2, -0.15) is 13.2 Å². The van der Waals surface area contributed by atoms with E-state index in [9.17, 15) is 18.0 Å². The van der Waals surface area contributed by atoms with Gasteiger partial charge in [0.05, 0.1) is 11.1 Å². The topological polar surface area (TPSA) is 76.1 Å². The third-order valence-electron chi connectivity index (χ3n) is 5.56. The zero-order chi connectivity index (χ0) is 20.5. The van der Waals surface area contributed by atoms with Gasteiger partial charge >= 0.3 is 12.2 Å². The lowest BCUT2D eigenvalue weighted by Gasteiger charge is -2.43. The van der Waals surface area contributed by atoms with Crippen molar-refractivity contribution >= 4 is 22.5 Å². The van der Waals surface area contributed by atoms with Crippen LogP contribution in [0.5, 0.6) is 0 Å². The molecule has 4 rings (SSSR count). The lowest BCUT2D eigenvalue weighted by molar-refractivity contribution is -0.137. The molecular weight excluding hydrogens is 405 g/mol. The van der Waals surface area contributed by atoms with E-state index in [2.05, 4.69) is 20.8 Å². The zero-order valence-corrected chi connectivity index (χ0v) is 16.4. The number of anilines is 1. The highest BCUT2D eigenvalue weighted by Gasteiger charge is 2.41. The lowest BCUT2D eigenvalue weighted by Crippen LogP contribution is -2.52. The summed E-state index contributed by atoms with van der Waals surface area (Å²) in [7, 11) is 0. The molecule has 1 aliphatic carbocycles. The number of carbonyl (C=O) groups excluding carboxylic acids is 1. The van der Waals surface area contributed by atoms with Crippen LogP contribution < -0.4 is 10.6 Å². The quantitative estimate of drug-likeness (QED) is 0.746. The van der Waals surface area contributed by atoms with E-state index in [1.165, 1.54) is 23.5 Å². The van der Waals surface area contributed by atoms with Crippen molar-refractivity contribution in [3.63, 3.8) is 0 Å². The molecule has 1 aromatic heterocycles. The highest BCUT2D eigenvalue weighted by Crippen LogP contribution is 2.42. The molecule has 1 aliphatic heterocycles. The number of rotatable bonds is 4. The van der Waals surface area contributed by atoms with Gasteiger partial charge in [0.1, 0.15) is 5.01 Å². The van der Waals surface area contributed by atoms with E-state index in [4.69, 9.17) is 4.74 Å². The fourth-order valence-corrected chi connectivity index (χ4v) is 4.64. The van der Waals surface area contributed by atoms with Crippen LogP contribution in [0.4, 0.5) is 23.1 Å². The van der Waals surface area contributed by atoms with Crippen LogP contribution in [0.15, 0.2) is 24.3 Å². The highest BCUT2D eigenvalue weighted by atomic mass is 32.1. The van der Waals surface area contributed by atoms with E-state index < -0.39 is 23.3 Å². The first kappa shape index (κ1) is 20.1. The number of nitrogens with one attached hydrogen (secondary N) is 2. The Morgan fingerprint density at radius 3 is 2.41 bits per heavy atom. The number of benzene rings is 1. The number of carbonyl (C=O) groups is 1. The van der Waals surface area contributed by atoms with E-state index in [0.29, 0.717) is 42.7 Å². The molecule has 2 amide bonds. The van der Waals surface area contributed by atoms with Crippen molar-refractivity contribution in [1.29, 1.82) is 0 Å². The molecule has 0 radical (unpaired) electrons. The summed E-state index contributed by atoms with van der Waals surface area (Å²) in [4.78, 5) is 12.5. The maximum Gasteiger partial charge on any atom is 0.416 e. The number of nitrogens with zero attached hydrogens (tertiary/aromatic N) is 2. The minimum atomic E-state index is -4.38. The van der Waals surface area contributed by atoms with Crippen LogP contribution >= 0.6 is 11.3 Å². The van der Waals surface area contributed by atoms with Gasteiger partial charge in [0.15, 0.2) is 0 Å². The van der Waals surface area contributed by atoms with Gasteiger partial charge in [0, 0.05) is 19.1 Å². The predicted molar refractivity (Wildman–Crippen MR) is 102 cm³/mol. The second kappa shape index (κ2) is 7.91. The minimum absolute atomic E-state index is 0.296. The third-order valence-corrected chi connectivity index (χ3v) is 6.56. The van der Waals surface area contributed by atoms with Crippen LogP contribution in [0.1, 0.15) is 54.2 Å². The fraction of sp³-hybridized carbons (Fsp3) is 0.526. The molecule has 29 heavy (non-hydrogen) atoms. The average molecular weight is 426 g/mol. The van der Waals surface area contributed by atoms with Crippen LogP contribution in [-0.4, -0.2) is 29.4 Å². The molecular formula is C19H21F3N4O2S. The predicted octanol–water partition coefficient (Wildman–Crippen LogP) is 4.65. The Bertz CT molecular complexity index is 859. The van der Waals surface area contributed by atoms with Crippen molar-refractivity contribution in [2.45, 2.75) is 49.7 Å². The number of halogens is 3. The number of ether oxygens (including phenoxy) is 1. The van der Waals surface area contributed by atoms with Crippen molar-refractivity contribution in [3.8, 4) is 0 Å². The Hall–Kier alpha value is -2.20. The molecule has 1 saturated carbocycles. The molecule has 2 aliphatic rings. The molecule has 2 fully saturated rings. The van der Waals surface area contributed by atoms with Gasteiger partial charge in [-0.15, -0.1) is 10.2 Å². The minimum Gasteiger partial charge on any atom is -0.381 e. The van der Waals surface area contributed by atoms with Crippen molar-refractivity contribution in [2.75, 3.05) is 18.5 Å². The fourth-order valence-electron chi connectivity index (χ4n) is 3.73. The second-order valence-electron chi connectivity index (χ2n) is 7.42. The monoisotopic (exact) mass is 426 g/mol. The van der Waals surface area contributed by atoms with Gasteiger partial charge < -0.3 is 10.1 Å². The van der Waals surface area contributed by atoms with Gasteiger partial charge in [-0.25, -0.2) is 4.79 Å². The first-order valence-electron chi connectivity index (χ1n) is 9.54. The van der Waals surface area contributed by atoms with E-state index in [1.54, 1.807) is 0 Å². The van der Waals surface area contributed by atoms with Gasteiger partial charge in [-0.3, -0.25) is 5.32 Å². The number of aromatic nitrogens is 2. The second-order valence-corrected chi connectivity index (χ2v) is 8.43. The molecule has 0 bridgehead atoms. The van der Waals surface area contributed by atoms with E-state index in [0.717, 1.165) is 36.4 Å². The maximum absolute atomic E-state index is 12.8. The molecule has 6 nitrogen and oxygen atoms in total. The first-order valence-corrected chi connectivity index (χ1v) is 10.4. The summed E-state index contributed by atoms with van der Waals surface area (Å²) >= 11 is 1.35. The normalized spacial score (nSPS) is 19.4. The summed E-state index contributed by atoms with van der Waals surface area (Å²) in [5.41, 5.74) is -0.677. The van der Waals surface area contributed by atoms with E-state index >= 15 is 0 Å². The van der Waals surface area contributed by atoms with Crippen LogP contribution in [0.25, 0.3) is 0 Å². The first-order chi connectivity index (χ1) is 13.9. The highest BCUT2D eigenvalue weighted by molar-refractivity contribution is 7.15. The molecule has 1 aromatic carbocycles. The molecule has 0 spiro atoms. The van der Waals surface area contributed by atoms with E-state index in [-0.39, 0.29) is 0 Å². The Labute approximate surface area is 169 Å². The van der Waals surface area contributed by atoms with Crippen molar-refractivity contribution in [2.24, 2.45) is 0 Å². The van der Waals surface area contributed by atoms with Crippen molar-refractivity contribution in [3.05, 3.63) is 40.4 Å². The number of hydrogen-bond donors (Lipinski definition) is 2. The van der Waals surface area contributed by atoms with Crippen molar-refractivity contribution in [1.82, 2.24) is 15.5 Å². The molecule has 2 heterocycles. The SMILES string of the molecule is O=C(Nc1nnc(C2CCOCC2)s1)NC1(c2ccc(C(F)(F)F)cc2)CCC1. The summed E-state index contributed by atoms with van der Waals surface area (Å²) < 4.78 is 43.8. The largest absolute Gasteiger partial charge is 0.416 e. The summed E-state index contributed by atoms with van der Waals surface area (Å²) in [5, 5.41) is 15.2. The number of urea groups is 1. The summed E-state index contributed by atoms with van der Waals surface area (Å²) in [5.74, 6) is 0.296. The van der Waals surface area contributed by atoms with Crippen LogP contribution in [-0.2, 0) is 16.5 Å². The summed E-state index contributed by atoms with van der Waals surface area (Å²) in [6, 6.07) is 4.56. The summed E-state index contributed by atoms with van der Waals surface area (Å²) in [6.45, 7) is 1.40. The maximum atomic E-state index is 12.8. The number of alkyl halides is 3. The Morgan fingerprint density at radius 1 is 1.14 bits per heavy atom. The molecule has 1 saturated heterocycles. The smallest absolute Gasteiger partial charge is 0.381 e. The molecule has 2 N–H and O–H groups in total. The Kier molecular flexibility index (Phi) is 5.48. The standard InChI is InChI=1S/C19H21F3N4O2S/c20-19(21,22)14-4-2-13(3-5-14)18(8-1-9-18)24-16(27)23-17-26-25-15(29-17)12-6-10-28-11-7-12/h2-5,12H,1,6-11H2,(H2,23,24,26,27). The summed E-state index contributed by atoms with van der Waals surface area (Å²) in [6.07, 6.45) is -0.357. The zero-order valence-electron chi connectivity index (χ0n) is 15.6. The average Bonchev–Trinajstić information content (AvgIpc) is 3.13. The molecule has 156 valence electrons. The molecule has 0 atom stereocenters. The third kappa shape index (κ3) is 4.37. The Morgan fingerprint density at radius 2 is 1.83 bits per heavy atom.